The summed E-state index contributed by atoms with van der Waals surface area (Å²) in [6.07, 6.45) is 2.78. The third-order valence-corrected chi connectivity index (χ3v) is 2.71. The second-order valence-corrected chi connectivity index (χ2v) is 4.29. The molecule has 1 aromatic rings. The van der Waals surface area contributed by atoms with Gasteiger partial charge in [0.1, 0.15) is 10.8 Å². The molecule has 6 nitrogen and oxygen atoms in total. The van der Waals surface area contributed by atoms with Gasteiger partial charge in [0, 0.05) is 19.0 Å². The van der Waals surface area contributed by atoms with Gasteiger partial charge in [0.2, 0.25) is 0 Å². The Labute approximate surface area is 102 Å². The first-order valence-corrected chi connectivity index (χ1v) is 5.42. The van der Waals surface area contributed by atoms with Crippen molar-refractivity contribution in [2.45, 2.75) is 6.42 Å². The SMILES string of the molecule is O=C(O)CC1CN(C(=O)c2cncc(Cl)n2)C1. The molecule has 1 N–H and O–H groups in total. The van der Waals surface area contributed by atoms with Gasteiger partial charge >= 0.3 is 5.97 Å². The van der Waals surface area contributed by atoms with Crippen molar-refractivity contribution in [3.8, 4) is 0 Å². The average molecular weight is 256 g/mol. The first-order valence-electron chi connectivity index (χ1n) is 5.05. The third kappa shape index (κ3) is 2.71. The number of likely N-dealkylation sites (tertiary alicyclic amines) is 1. The van der Waals surface area contributed by atoms with E-state index in [0.29, 0.717) is 13.1 Å². The Bertz CT molecular complexity index is 460. The summed E-state index contributed by atoms with van der Waals surface area (Å²) in [6.45, 7) is 0.888. The number of hydrogen-bond donors (Lipinski definition) is 1. The molecule has 2 heterocycles. The summed E-state index contributed by atoms with van der Waals surface area (Å²) in [7, 11) is 0. The molecule has 7 heteroatoms. The molecule has 17 heavy (non-hydrogen) atoms. The molecule has 2 rings (SSSR count). The molecule has 0 unspecified atom stereocenters. The zero-order valence-electron chi connectivity index (χ0n) is 8.84. The van der Waals surface area contributed by atoms with Crippen molar-refractivity contribution in [1.82, 2.24) is 14.9 Å². The van der Waals surface area contributed by atoms with E-state index in [1.54, 1.807) is 0 Å². The maximum absolute atomic E-state index is 11.8. The number of carbonyl (C=O) groups excluding carboxylic acids is 1. The summed E-state index contributed by atoms with van der Waals surface area (Å²) in [5, 5.41) is 8.75. The Balaban J connectivity index is 1.93. The van der Waals surface area contributed by atoms with Gasteiger partial charge in [-0.15, -0.1) is 0 Å². The van der Waals surface area contributed by atoms with E-state index in [9.17, 15) is 9.59 Å². The standard InChI is InChI=1S/C10H10ClN3O3/c11-8-3-12-2-7(13-8)10(17)14-4-6(5-14)1-9(15)16/h2-3,6H,1,4-5H2,(H,15,16). The largest absolute Gasteiger partial charge is 0.481 e. The Morgan fingerprint density at radius 1 is 1.47 bits per heavy atom. The number of amides is 1. The van der Waals surface area contributed by atoms with Gasteiger partial charge in [-0.05, 0) is 0 Å². The van der Waals surface area contributed by atoms with E-state index in [2.05, 4.69) is 9.97 Å². The number of aromatic nitrogens is 2. The van der Waals surface area contributed by atoms with Crippen molar-refractivity contribution in [1.29, 1.82) is 0 Å². The van der Waals surface area contributed by atoms with E-state index >= 15 is 0 Å². The van der Waals surface area contributed by atoms with Gasteiger partial charge in [-0.2, -0.15) is 0 Å². The molecule has 0 saturated carbocycles. The molecule has 0 bridgehead atoms. The minimum atomic E-state index is -0.843. The first-order chi connectivity index (χ1) is 8.06. The number of nitrogens with zero attached hydrogens (tertiary/aromatic N) is 3. The Kier molecular flexibility index (Phi) is 3.23. The highest BCUT2D eigenvalue weighted by atomic mass is 35.5. The fourth-order valence-electron chi connectivity index (χ4n) is 1.72. The summed E-state index contributed by atoms with van der Waals surface area (Å²) in [6, 6.07) is 0. The van der Waals surface area contributed by atoms with Crippen LogP contribution in [-0.2, 0) is 4.79 Å². The highest BCUT2D eigenvalue weighted by Crippen LogP contribution is 2.21. The smallest absolute Gasteiger partial charge is 0.303 e. The van der Waals surface area contributed by atoms with Crippen molar-refractivity contribution >= 4 is 23.5 Å². The molecule has 0 atom stereocenters. The van der Waals surface area contributed by atoms with E-state index in [4.69, 9.17) is 16.7 Å². The maximum atomic E-state index is 11.8. The quantitative estimate of drug-likeness (QED) is 0.859. The van der Waals surface area contributed by atoms with E-state index in [1.807, 2.05) is 0 Å². The van der Waals surface area contributed by atoms with Gasteiger partial charge in [0.15, 0.2) is 0 Å². The van der Waals surface area contributed by atoms with Crippen LogP contribution in [0.4, 0.5) is 0 Å². The zero-order chi connectivity index (χ0) is 12.4. The van der Waals surface area contributed by atoms with Crippen molar-refractivity contribution < 1.29 is 14.7 Å². The predicted octanol–water partition coefficient (Wildman–Crippen LogP) is 0.677. The number of aliphatic carboxylic acids is 1. The number of halogens is 1. The number of hydrogen-bond acceptors (Lipinski definition) is 4. The van der Waals surface area contributed by atoms with Gasteiger partial charge in [-0.25, -0.2) is 4.98 Å². The molecule has 0 aliphatic carbocycles. The lowest BCUT2D eigenvalue weighted by molar-refractivity contribution is -0.139. The molecule has 1 aromatic heterocycles. The normalized spacial score (nSPS) is 15.5. The van der Waals surface area contributed by atoms with Crippen LogP contribution in [0.25, 0.3) is 0 Å². The molecular weight excluding hydrogens is 246 g/mol. The lowest BCUT2D eigenvalue weighted by Gasteiger charge is -2.38. The molecule has 1 aliphatic rings. The first kappa shape index (κ1) is 11.8. The van der Waals surface area contributed by atoms with Crippen LogP contribution in [0.5, 0.6) is 0 Å². The monoisotopic (exact) mass is 255 g/mol. The summed E-state index contributed by atoms with van der Waals surface area (Å²) in [5.74, 6) is -1.07. The van der Waals surface area contributed by atoms with Gasteiger partial charge in [-0.3, -0.25) is 14.6 Å². The molecule has 1 aliphatic heterocycles. The van der Waals surface area contributed by atoms with E-state index in [-0.39, 0.29) is 29.1 Å². The van der Waals surface area contributed by atoms with Crippen LogP contribution in [0.2, 0.25) is 5.15 Å². The molecule has 0 spiro atoms. The highest BCUT2D eigenvalue weighted by Gasteiger charge is 2.33. The van der Waals surface area contributed by atoms with Crippen molar-refractivity contribution in [3.63, 3.8) is 0 Å². The van der Waals surface area contributed by atoms with Crippen LogP contribution >= 0.6 is 11.6 Å². The summed E-state index contributed by atoms with van der Waals surface area (Å²) < 4.78 is 0. The molecule has 0 radical (unpaired) electrons. The van der Waals surface area contributed by atoms with Crippen molar-refractivity contribution in [3.05, 3.63) is 23.2 Å². The number of carboxylic acid groups (broad SMARTS) is 1. The van der Waals surface area contributed by atoms with E-state index < -0.39 is 5.97 Å². The molecule has 90 valence electrons. The fraction of sp³-hybridized carbons (Fsp3) is 0.400. The van der Waals surface area contributed by atoms with Crippen LogP contribution in [0.3, 0.4) is 0 Å². The zero-order valence-corrected chi connectivity index (χ0v) is 9.59. The molecule has 1 amide bonds. The maximum Gasteiger partial charge on any atom is 0.303 e. The van der Waals surface area contributed by atoms with Gasteiger partial charge < -0.3 is 10.0 Å². The predicted molar refractivity (Wildman–Crippen MR) is 58.7 cm³/mol. The lowest BCUT2D eigenvalue weighted by Crippen LogP contribution is -2.50. The Morgan fingerprint density at radius 3 is 2.76 bits per heavy atom. The summed E-state index contributed by atoms with van der Waals surface area (Å²) >= 11 is 5.63. The summed E-state index contributed by atoms with van der Waals surface area (Å²) in [4.78, 5) is 31.4. The third-order valence-electron chi connectivity index (χ3n) is 2.53. The Morgan fingerprint density at radius 2 is 2.18 bits per heavy atom. The minimum Gasteiger partial charge on any atom is -0.481 e. The van der Waals surface area contributed by atoms with Gasteiger partial charge in [-0.1, -0.05) is 11.6 Å². The topological polar surface area (TPSA) is 83.4 Å². The van der Waals surface area contributed by atoms with Crippen LogP contribution in [0.1, 0.15) is 16.9 Å². The van der Waals surface area contributed by atoms with E-state index in [0.717, 1.165) is 0 Å². The second kappa shape index (κ2) is 4.67. The minimum absolute atomic E-state index is 0.0311. The second-order valence-electron chi connectivity index (χ2n) is 3.90. The van der Waals surface area contributed by atoms with Gasteiger partial charge in [0.25, 0.3) is 5.91 Å². The average Bonchev–Trinajstić information content (AvgIpc) is 2.21. The van der Waals surface area contributed by atoms with Crippen LogP contribution in [0.15, 0.2) is 12.4 Å². The lowest BCUT2D eigenvalue weighted by atomic mass is 9.96. The van der Waals surface area contributed by atoms with Gasteiger partial charge in [0.05, 0.1) is 18.8 Å². The van der Waals surface area contributed by atoms with Crippen molar-refractivity contribution in [2.75, 3.05) is 13.1 Å². The number of carbonyl (C=O) groups is 2. The highest BCUT2D eigenvalue weighted by molar-refractivity contribution is 6.29. The number of rotatable bonds is 3. The van der Waals surface area contributed by atoms with Crippen LogP contribution < -0.4 is 0 Å². The van der Waals surface area contributed by atoms with E-state index in [1.165, 1.54) is 17.3 Å². The Hall–Kier alpha value is -1.69. The fourth-order valence-corrected chi connectivity index (χ4v) is 1.87. The van der Waals surface area contributed by atoms with Crippen molar-refractivity contribution in [2.24, 2.45) is 5.92 Å². The number of carboxylic acids is 1. The molecule has 1 saturated heterocycles. The van der Waals surface area contributed by atoms with Crippen LogP contribution in [-0.4, -0.2) is 44.9 Å². The molecular formula is C10H10ClN3O3. The van der Waals surface area contributed by atoms with Crippen LogP contribution in [0, 0.1) is 5.92 Å². The molecule has 1 fully saturated rings. The summed E-state index contributed by atoms with van der Waals surface area (Å²) in [5.41, 5.74) is 0.186. The molecule has 0 aromatic carbocycles.